The summed E-state index contributed by atoms with van der Waals surface area (Å²) in [5.41, 5.74) is 1.93. The van der Waals surface area contributed by atoms with E-state index in [1.807, 2.05) is 34.9 Å². The van der Waals surface area contributed by atoms with Gasteiger partial charge in [0.2, 0.25) is 5.78 Å². The summed E-state index contributed by atoms with van der Waals surface area (Å²) >= 11 is 6.03. The van der Waals surface area contributed by atoms with Gasteiger partial charge >= 0.3 is 5.69 Å². The standard InChI is InChI=1S/C22H19ClN6O2/c1-27-20-17(19(30)24-22(27)31)28(13-5-8-14-6-3-2-4-7-14)21-26-25-18(29(20)21)15-9-11-16(23)12-10-15/h2-4,6-7,9-12H,5,8,13H2,1H3,(H,24,30,31). The van der Waals surface area contributed by atoms with Gasteiger partial charge in [0.25, 0.3) is 5.56 Å². The number of aryl methyl sites for hydroxylation is 3. The topological polar surface area (TPSA) is 90.0 Å². The Morgan fingerprint density at radius 3 is 2.48 bits per heavy atom. The molecule has 0 atom stereocenters. The van der Waals surface area contributed by atoms with Crippen LogP contribution in [0.5, 0.6) is 0 Å². The Labute approximate surface area is 181 Å². The first-order chi connectivity index (χ1) is 15.0. The number of hydrogen-bond acceptors (Lipinski definition) is 4. The Morgan fingerprint density at radius 2 is 1.74 bits per heavy atom. The molecule has 0 unspecified atom stereocenters. The van der Waals surface area contributed by atoms with Gasteiger partial charge in [-0.15, -0.1) is 10.2 Å². The van der Waals surface area contributed by atoms with Crippen molar-refractivity contribution in [3.8, 4) is 11.4 Å². The number of nitrogens with zero attached hydrogens (tertiary/aromatic N) is 5. The van der Waals surface area contributed by atoms with E-state index in [1.165, 1.54) is 10.1 Å². The Balaban J connectivity index is 1.69. The molecule has 156 valence electrons. The summed E-state index contributed by atoms with van der Waals surface area (Å²) in [6.07, 6.45) is 1.66. The van der Waals surface area contributed by atoms with Crippen LogP contribution in [0.1, 0.15) is 12.0 Å². The summed E-state index contributed by atoms with van der Waals surface area (Å²) < 4.78 is 5.01. The first-order valence-electron chi connectivity index (χ1n) is 9.91. The number of rotatable bonds is 5. The number of hydrogen-bond donors (Lipinski definition) is 1. The van der Waals surface area contributed by atoms with Crippen LogP contribution in [0.2, 0.25) is 5.02 Å². The molecular weight excluding hydrogens is 416 g/mol. The molecule has 8 nitrogen and oxygen atoms in total. The van der Waals surface area contributed by atoms with E-state index in [0.717, 1.165) is 18.4 Å². The van der Waals surface area contributed by atoms with Gasteiger partial charge < -0.3 is 4.57 Å². The zero-order chi connectivity index (χ0) is 21.5. The van der Waals surface area contributed by atoms with Gasteiger partial charge in [-0.2, -0.15) is 0 Å². The average molecular weight is 435 g/mol. The lowest BCUT2D eigenvalue weighted by atomic mass is 10.1. The molecule has 3 heterocycles. The Kier molecular flexibility index (Phi) is 4.71. The van der Waals surface area contributed by atoms with E-state index in [-0.39, 0.29) is 0 Å². The highest BCUT2D eigenvalue weighted by Gasteiger charge is 2.22. The van der Waals surface area contributed by atoms with Crippen molar-refractivity contribution in [1.29, 1.82) is 0 Å². The molecule has 1 N–H and O–H groups in total. The maximum atomic E-state index is 12.8. The molecule has 0 amide bonds. The first-order valence-corrected chi connectivity index (χ1v) is 10.3. The van der Waals surface area contributed by atoms with Crippen LogP contribution in [-0.4, -0.2) is 28.7 Å². The maximum absolute atomic E-state index is 12.8. The molecule has 0 bridgehead atoms. The van der Waals surface area contributed by atoms with Gasteiger partial charge in [-0.25, -0.2) is 9.20 Å². The summed E-state index contributed by atoms with van der Waals surface area (Å²) in [5, 5.41) is 9.33. The molecule has 31 heavy (non-hydrogen) atoms. The highest BCUT2D eigenvalue weighted by atomic mass is 35.5. The molecule has 0 saturated heterocycles. The summed E-state index contributed by atoms with van der Waals surface area (Å²) in [4.78, 5) is 27.5. The number of nitrogens with one attached hydrogen (secondary N) is 1. The Hall–Kier alpha value is -3.65. The number of benzene rings is 2. The predicted octanol–water partition coefficient (Wildman–Crippen LogP) is 3.02. The fourth-order valence-corrected chi connectivity index (χ4v) is 4.05. The third-order valence-electron chi connectivity index (χ3n) is 5.43. The second-order valence-electron chi connectivity index (χ2n) is 7.40. The summed E-state index contributed by atoms with van der Waals surface area (Å²) in [6.45, 7) is 0.557. The van der Waals surface area contributed by atoms with Crippen molar-refractivity contribution in [2.45, 2.75) is 19.4 Å². The first kappa shape index (κ1) is 19.3. The molecule has 0 saturated carbocycles. The fourth-order valence-electron chi connectivity index (χ4n) is 3.93. The number of aromatic amines is 1. The number of fused-ring (bicyclic) bond motifs is 3. The van der Waals surface area contributed by atoms with Gasteiger partial charge in [0, 0.05) is 24.2 Å². The molecule has 3 aromatic heterocycles. The minimum atomic E-state index is -0.489. The average Bonchev–Trinajstić information content (AvgIpc) is 3.33. The third kappa shape index (κ3) is 3.25. The lowest BCUT2D eigenvalue weighted by Crippen LogP contribution is -2.29. The van der Waals surface area contributed by atoms with Gasteiger partial charge in [0.1, 0.15) is 0 Å². The second-order valence-corrected chi connectivity index (χ2v) is 7.83. The van der Waals surface area contributed by atoms with E-state index in [9.17, 15) is 9.59 Å². The van der Waals surface area contributed by atoms with Crippen molar-refractivity contribution in [3.63, 3.8) is 0 Å². The Bertz CT molecular complexity index is 1510. The third-order valence-corrected chi connectivity index (χ3v) is 5.68. The van der Waals surface area contributed by atoms with E-state index in [1.54, 1.807) is 23.6 Å². The van der Waals surface area contributed by atoms with Crippen LogP contribution in [-0.2, 0) is 20.0 Å². The maximum Gasteiger partial charge on any atom is 0.329 e. The van der Waals surface area contributed by atoms with Gasteiger partial charge in [-0.05, 0) is 42.7 Å². The van der Waals surface area contributed by atoms with Crippen molar-refractivity contribution in [1.82, 2.24) is 28.7 Å². The highest BCUT2D eigenvalue weighted by molar-refractivity contribution is 6.30. The van der Waals surface area contributed by atoms with Crippen LogP contribution in [0.4, 0.5) is 0 Å². The van der Waals surface area contributed by atoms with Crippen LogP contribution in [0.3, 0.4) is 0 Å². The van der Waals surface area contributed by atoms with Crippen molar-refractivity contribution in [2.24, 2.45) is 7.05 Å². The van der Waals surface area contributed by atoms with E-state index >= 15 is 0 Å². The van der Waals surface area contributed by atoms with Crippen LogP contribution in [0.15, 0.2) is 64.2 Å². The van der Waals surface area contributed by atoms with E-state index < -0.39 is 11.2 Å². The lowest BCUT2D eigenvalue weighted by Gasteiger charge is -2.05. The normalized spacial score (nSPS) is 11.5. The predicted molar refractivity (Wildman–Crippen MR) is 120 cm³/mol. The van der Waals surface area contributed by atoms with Crippen LogP contribution in [0, 0.1) is 0 Å². The molecule has 5 rings (SSSR count). The largest absolute Gasteiger partial charge is 0.329 e. The van der Waals surface area contributed by atoms with Crippen molar-refractivity contribution in [3.05, 3.63) is 86.0 Å². The summed E-state index contributed by atoms with van der Waals surface area (Å²) in [7, 11) is 1.62. The highest BCUT2D eigenvalue weighted by Crippen LogP contribution is 2.25. The van der Waals surface area contributed by atoms with Crippen molar-refractivity contribution < 1.29 is 0 Å². The molecule has 0 aliphatic heterocycles. The number of H-pyrrole nitrogens is 1. The van der Waals surface area contributed by atoms with E-state index in [4.69, 9.17) is 11.6 Å². The molecule has 5 aromatic rings. The summed E-state index contributed by atoms with van der Waals surface area (Å²) in [6, 6.07) is 17.4. The lowest BCUT2D eigenvalue weighted by molar-refractivity contribution is 0.665. The molecular formula is C22H19ClN6O2. The van der Waals surface area contributed by atoms with Crippen LogP contribution < -0.4 is 11.2 Å². The van der Waals surface area contributed by atoms with Gasteiger partial charge in [-0.3, -0.25) is 14.3 Å². The number of imidazole rings is 1. The Morgan fingerprint density at radius 1 is 1.00 bits per heavy atom. The molecule has 9 heteroatoms. The monoisotopic (exact) mass is 434 g/mol. The molecule has 0 fully saturated rings. The molecule has 0 radical (unpaired) electrons. The quantitative estimate of drug-likeness (QED) is 0.460. The minimum Gasteiger partial charge on any atom is -0.302 e. The number of halogens is 1. The van der Waals surface area contributed by atoms with Gasteiger partial charge in [0.15, 0.2) is 17.0 Å². The molecule has 0 aliphatic rings. The molecule has 0 spiro atoms. The molecule has 0 aliphatic carbocycles. The SMILES string of the molecule is Cn1c(=O)[nH]c(=O)c2c1n1c(-c3ccc(Cl)cc3)nnc1n2CCCc1ccccc1. The van der Waals surface area contributed by atoms with Gasteiger partial charge in [0.05, 0.1) is 0 Å². The van der Waals surface area contributed by atoms with Crippen LogP contribution in [0.25, 0.3) is 28.3 Å². The van der Waals surface area contributed by atoms with Crippen LogP contribution >= 0.6 is 11.6 Å². The zero-order valence-electron chi connectivity index (χ0n) is 16.7. The molecule has 2 aromatic carbocycles. The summed E-state index contributed by atoms with van der Waals surface area (Å²) in [5.74, 6) is 1.05. The second kappa shape index (κ2) is 7.55. The van der Waals surface area contributed by atoms with Crippen molar-refractivity contribution in [2.75, 3.05) is 0 Å². The fraction of sp³-hybridized carbons (Fsp3) is 0.182. The van der Waals surface area contributed by atoms with Gasteiger partial charge in [-0.1, -0.05) is 41.9 Å². The minimum absolute atomic E-state index is 0.398. The van der Waals surface area contributed by atoms with E-state index in [2.05, 4.69) is 27.3 Å². The smallest absolute Gasteiger partial charge is 0.302 e. The van der Waals surface area contributed by atoms with Crippen molar-refractivity contribution >= 4 is 28.5 Å². The zero-order valence-corrected chi connectivity index (χ0v) is 17.5. The number of aromatic nitrogens is 6. The van der Waals surface area contributed by atoms with E-state index in [0.29, 0.717) is 34.3 Å².